The first kappa shape index (κ1) is 30.6. The highest BCUT2D eigenvalue weighted by atomic mass is 16.5. The van der Waals surface area contributed by atoms with Crippen molar-refractivity contribution in [3.05, 3.63) is 64.7 Å². The molecule has 3 amide bonds. The zero-order valence-corrected chi connectivity index (χ0v) is 25.8. The van der Waals surface area contributed by atoms with Gasteiger partial charge in [0.05, 0.1) is 12.1 Å². The summed E-state index contributed by atoms with van der Waals surface area (Å²) in [4.78, 5) is 43.1. The lowest BCUT2D eigenvalue weighted by atomic mass is 9.83. The largest absolute Gasteiger partial charge is 0.491 e. The molecule has 1 heterocycles. The van der Waals surface area contributed by atoms with Crippen LogP contribution in [-0.4, -0.2) is 40.8 Å². The average Bonchev–Trinajstić information content (AvgIpc) is 2.93. The summed E-state index contributed by atoms with van der Waals surface area (Å²) in [7, 11) is 0. The van der Waals surface area contributed by atoms with Gasteiger partial charge in [-0.2, -0.15) is 0 Å². The summed E-state index contributed by atoms with van der Waals surface area (Å²) in [6.45, 7) is 13.9. The van der Waals surface area contributed by atoms with Crippen LogP contribution in [0.3, 0.4) is 0 Å². The predicted octanol–water partition coefficient (Wildman–Crippen LogP) is 5.50. The second-order valence-corrected chi connectivity index (χ2v) is 13.1. The number of fused-ring (bicyclic) bond motifs is 2. The number of aryl methyl sites for hydroxylation is 1. The van der Waals surface area contributed by atoms with Crippen LogP contribution in [0.4, 0.5) is 0 Å². The van der Waals surface area contributed by atoms with Crippen molar-refractivity contribution in [3.8, 4) is 5.75 Å². The van der Waals surface area contributed by atoms with Crippen molar-refractivity contribution < 1.29 is 19.1 Å². The molecule has 0 fully saturated rings. The molecule has 2 aliphatic rings. The third-order valence-corrected chi connectivity index (χ3v) is 8.41. The fourth-order valence-corrected chi connectivity index (χ4v) is 5.83. The maximum atomic E-state index is 14.4. The topological polar surface area (TPSA) is 87.7 Å². The molecule has 2 aromatic carbocycles. The molecule has 4 rings (SSSR count). The van der Waals surface area contributed by atoms with Crippen molar-refractivity contribution in [2.24, 2.45) is 11.3 Å². The number of rotatable bonds is 8. The summed E-state index contributed by atoms with van der Waals surface area (Å²) >= 11 is 0. The molecule has 1 aliphatic heterocycles. The van der Waals surface area contributed by atoms with Crippen LogP contribution in [0, 0.1) is 11.3 Å². The zero-order valence-electron chi connectivity index (χ0n) is 25.8. The van der Waals surface area contributed by atoms with Crippen molar-refractivity contribution in [1.29, 1.82) is 0 Å². The van der Waals surface area contributed by atoms with E-state index in [0.29, 0.717) is 12.8 Å². The molecule has 7 nitrogen and oxygen atoms in total. The molecule has 0 saturated heterocycles. The average molecular weight is 562 g/mol. The molecule has 0 radical (unpaired) electrons. The molecule has 0 spiro atoms. The molecule has 2 N–H and O–H groups in total. The van der Waals surface area contributed by atoms with Crippen molar-refractivity contribution in [1.82, 2.24) is 15.5 Å². The van der Waals surface area contributed by atoms with E-state index in [4.69, 9.17) is 4.74 Å². The van der Waals surface area contributed by atoms with E-state index in [1.165, 1.54) is 5.56 Å². The van der Waals surface area contributed by atoms with Gasteiger partial charge in [0.2, 0.25) is 17.7 Å². The Morgan fingerprint density at radius 1 is 1.02 bits per heavy atom. The summed E-state index contributed by atoms with van der Waals surface area (Å²) in [6.07, 6.45) is 3.98. The Labute approximate surface area is 245 Å². The van der Waals surface area contributed by atoms with Crippen LogP contribution in [0.25, 0.3) is 0 Å². The van der Waals surface area contributed by atoms with Gasteiger partial charge in [0, 0.05) is 18.9 Å². The minimum absolute atomic E-state index is 0.0207. The standard InChI is InChI=1S/C34H47N3O4/c1-8-22(4)31(38)36-30(34(5,6)7)33(40)37-20-25-18-26(41-21(2)3)17-16-24(25)19-29(37)32(39)35-28-15-11-13-23-12-9-10-14-27(23)28/h9-10,12,14,16-18,21-22,28-30H,8,11,13,15,19-20H2,1-7H3,(H,35,39)(H,36,38)/t22-,28-,29+,30-/m1/s1. The molecule has 0 aromatic heterocycles. The molecule has 4 atom stereocenters. The lowest BCUT2D eigenvalue weighted by molar-refractivity contribution is -0.147. The van der Waals surface area contributed by atoms with Crippen LogP contribution in [0.2, 0.25) is 0 Å². The normalized spacial score (nSPS) is 20.0. The summed E-state index contributed by atoms with van der Waals surface area (Å²) in [6, 6.07) is 12.7. The van der Waals surface area contributed by atoms with E-state index in [1.807, 2.05) is 78.8 Å². The van der Waals surface area contributed by atoms with Crippen LogP contribution in [-0.2, 0) is 33.8 Å². The van der Waals surface area contributed by atoms with Crippen molar-refractivity contribution in [3.63, 3.8) is 0 Å². The molecule has 0 bridgehead atoms. The SMILES string of the molecule is CC[C@@H](C)C(=O)N[C@H](C(=O)N1Cc2cc(OC(C)C)ccc2C[C@H]1C(=O)N[C@@H]1CCCc2ccccc21)C(C)(C)C. The van der Waals surface area contributed by atoms with E-state index in [1.54, 1.807) is 4.90 Å². The quantitative estimate of drug-likeness (QED) is 0.446. The number of hydrogen-bond acceptors (Lipinski definition) is 4. The minimum Gasteiger partial charge on any atom is -0.491 e. The number of carbonyl (C=O) groups excluding carboxylic acids is 3. The molecule has 2 aromatic rings. The maximum Gasteiger partial charge on any atom is 0.246 e. The van der Waals surface area contributed by atoms with Gasteiger partial charge in [-0.1, -0.05) is 65.0 Å². The van der Waals surface area contributed by atoms with Gasteiger partial charge in [-0.15, -0.1) is 0 Å². The van der Waals surface area contributed by atoms with Crippen molar-refractivity contribution >= 4 is 17.7 Å². The van der Waals surface area contributed by atoms with Gasteiger partial charge >= 0.3 is 0 Å². The number of nitrogens with one attached hydrogen (secondary N) is 2. The first-order valence-corrected chi connectivity index (χ1v) is 15.2. The Morgan fingerprint density at radius 2 is 1.76 bits per heavy atom. The molecule has 0 saturated carbocycles. The highest BCUT2D eigenvalue weighted by molar-refractivity contribution is 5.93. The molecule has 1 aliphatic carbocycles. The van der Waals surface area contributed by atoms with Gasteiger partial charge < -0.3 is 20.3 Å². The summed E-state index contributed by atoms with van der Waals surface area (Å²) in [5.41, 5.74) is 3.87. The third-order valence-electron chi connectivity index (χ3n) is 8.41. The van der Waals surface area contributed by atoms with Gasteiger partial charge in [0.15, 0.2) is 0 Å². The van der Waals surface area contributed by atoms with Gasteiger partial charge in [0.1, 0.15) is 17.8 Å². The highest BCUT2D eigenvalue weighted by Gasteiger charge is 2.43. The van der Waals surface area contributed by atoms with E-state index in [0.717, 1.165) is 41.7 Å². The Morgan fingerprint density at radius 3 is 2.44 bits per heavy atom. The van der Waals surface area contributed by atoms with E-state index < -0.39 is 17.5 Å². The number of carbonyl (C=O) groups is 3. The number of nitrogens with zero attached hydrogens (tertiary/aromatic N) is 1. The van der Waals surface area contributed by atoms with Crippen LogP contribution < -0.4 is 15.4 Å². The highest BCUT2D eigenvalue weighted by Crippen LogP contribution is 2.33. The maximum absolute atomic E-state index is 14.4. The van der Waals surface area contributed by atoms with E-state index >= 15 is 0 Å². The lowest BCUT2D eigenvalue weighted by Gasteiger charge is -2.42. The van der Waals surface area contributed by atoms with Crippen LogP contribution in [0.15, 0.2) is 42.5 Å². The second-order valence-electron chi connectivity index (χ2n) is 13.1. The van der Waals surface area contributed by atoms with E-state index in [2.05, 4.69) is 22.8 Å². The minimum atomic E-state index is -0.772. The fourth-order valence-electron chi connectivity index (χ4n) is 5.83. The van der Waals surface area contributed by atoms with Crippen LogP contribution >= 0.6 is 0 Å². The molecule has 41 heavy (non-hydrogen) atoms. The summed E-state index contributed by atoms with van der Waals surface area (Å²) in [5, 5.41) is 6.33. The number of hydrogen-bond donors (Lipinski definition) is 2. The van der Waals surface area contributed by atoms with Gasteiger partial charge in [-0.05, 0) is 79.3 Å². The first-order valence-electron chi connectivity index (χ1n) is 15.2. The Balaban J connectivity index is 1.67. The Hall–Kier alpha value is -3.35. The molecular formula is C34H47N3O4. The van der Waals surface area contributed by atoms with Gasteiger partial charge in [-0.3, -0.25) is 14.4 Å². The first-order chi connectivity index (χ1) is 19.4. The molecule has 222 valence electrons. The van der Waals surface area contributed by atoms with Crippen LogP contribution in [0.1, 0.15) is 96.0 Å². The molecular weight excluding hydrogens is 514 g/mol. The van der Waals surface area contributed by atoms with Crippen molar-refractivity contribution in [2.45, 2.75) is 111 Å². The molecule has 7 heteroatoms. The Bertz CT molecular complexity index is 1260. The van der Waals surface area contributed by atoms with E-state index in [9.17, 15) is 14.4 Å². The lowest BCUT2D eigenvalue weighted by Crippen LogP contribution is -2.61. The number of benzene rings is 2. The predicted molar refractivity (Wildman–Crippen MR) is 161 cm³/mol. The fraction of sp³-hybridized carbons (Fsp3) is 0.559. The molecule has 0 unspecified atom stereocenters. The summed E-state index contributed by atoms with van der Waals surface area (Å²) in [5.74, 6) is -0.0137. The smallest absolute Gasteiger partial charge is 0.246 e. The van der Waals surface area contributed by atoms with Gasteiger partial charge in [-0.25, -0.2) is 0 Å². The monoisotopic (exact) mass is 561 g/mol. The van der Waals surface area contributed by atoms with Crippen LogP contribution in [0.5, 0.6) is 5.75 Å². The summed E-state index contributed by atoms with van der Waals surface area (Å²) < 4.78 is 5.94. The second kappa shape index (κ2) is 12.7. The zero-order chi connectivity index (χ0) is 29.9. The van der Waals surface area contributed by atoms with Crippen molar-refractivity contribution in [2.75, 3.05) is 0 Å². The number of ether oxygens (including phenoxy) is 1. The number of amides is 3. The Kier molecular flexibility index (Phi) is 9.45. The van der Waals surface area contributed by atoms with Gasteiger partial charge in [0.25, 0.3) is 0 Å². The van der Waals surface area contributed by atoms with E-state index in [-0.39, 0.29) is 42.3 Å². The third kappa shape index (κ3) is 7.11.